The molecular formula is C24H21ClN3O3P. The first-order valence-corrected chi connectivity index (χ1v) is 12.3. The molecule has 6 nitrogen and oxygen atoms in total. The predicted octanol–water partition coefficient (Wildman–Crippen LogP) is 4.64. The van der Waals surface area contributed by atoms with Gasteiger partial charge in [-0.15, -0.1) is 0 Å². The van der Waals surface area contributed by atoms with Crippen LogP contribution in [0.15, 0.2) is 54.9 Å². The zero-order chi connectivity index (χ0) is 22.5. The van der Waals surface area contributed by atoms with Gasteiger partial charge < -0.3 is 14.8 Å². The summed E-state index contributed by atoms with van der Waals surface area (Å²) in [5, 5.41) is 5.01. The first-order chi connectivity index (χ1) is 15.4. The van der Waals surface area contributed by atoms with Gasteiger partial charge in [-0.1, -0.05) is 30.7 Å². The largest absolute Gasteiger partial charge is 0.435 e. The smallest absolute Gasteiger partial charge is 0.313 e. The zero-order valence-electron chi connectivity index (χ0n) is 17.6. The van der Waals surface area contributed by atoms with Gasteiger partial charge in [0, 0.05) is 34.9 Å². The minimum absolute atomic E-state index is 0.222. The Morgan fingerprint density at radius 1 is 1.25 bits per heavy atom. The highest BCUT2D eigenvalue weighted by Crippen LogP contribution is 2.58. The molecule has 1 aliphatic heterocycles. The van der Waals surface area contributed by atoms with Gasteiger partial charge in [0.05, 0.1) is 10.6 Å². The number of hydrogen-bond acceptors (Lipinski definition) is 4. The minimum atomic E-state index is -3.47. The summed E-state index contributed by atoms with van der Waals surface area (Å²) in [6.07, 6.45) is 4.13. The van der Waals surface area contributed by atoms with E-state index in [0.717, 1.165) is 23.1 Å². The Labute approximate surface area is 190 Å². The molecule has 2 N–H and O–H groups in total. The molecule has 0 spiro atoms. The van der Waals surface area contributed by atoms with E-state index in [0.29, 0.717) is 38.8 Å². The summed E-state index contributed by atoms with van der Waals surface area (Å²) in [6.45, 7) is 4.29. The van der Waals surface area contributed by atoms with Crippen LogP contribution in [-0.4, -0.2) is 15.9 Å². The maximum Gasteiger partial charge on any atom is 0.313 e. The monoisotopic (exact) mass is 465 g/mol. The number of pyridine rings is 1. The molecule has 0 saturated carbocycles. The van der Waals surface area contributed by atoms with Gasteiger partial charge in [0.2, 0.25) is 0 Å². The average molecular weight is 466 g/mol. The first kappa shape index (κ1) is 20.8. The molecule has 32 heavy (non-hydrogen) atoms. The third-order valence-corrected chi connectivity index (χ3v) is 8.33. The Bertz CT molecular complexity index is 1420. The number of rotatable bonds is 5. The van der Waals surface area contributed by atoms with E-state index < -0.39 is 7.37 Å². The number of hydrogen-bond donors (Lipinski definition) is 2. The Kier molecular flexibility index (Phi) is 5.07. The van der Waals surface area contributed by atoms with E-state index in [1.165, 1.54) is 0 Å². The Morgan fingerprint density at radius 2 is 2.09 bits per heavy atom. The standard InChI is InChI=1S/C24H21ClN3O3P/c1-3-16-9-14(2)10-20-22(16)31-32(20,30)23-18-11-17(25)6-7-19(18)28-21(23)24(29)27-13-15-5-4-8-26-12-15/h4-12,28H,3,13H2,1-2H3,(H,27,29). The third kappa shape index (κ3) is 3.31. The lowest BCUT2D eigenvalue weighted by molar-refractivity contribution is 0.0947. The van der Waals surface area contributed by atoms with Crippen molar-refractivity contribution in [3.63, 3.8) is 0 Å². The second-order valence-electron chi connectivity index (χ2n) is 7.85. The number of fused-ring (bicyclic) bond motifs is 2. The summed E-state index contributed by atoms with van der Waals surface area (Å²) in [6, 6.07) is 12.8. The molecule has 1 unspecified atom stereocenters. The lowest BCUT2D eigenvalue weighted by atomic mass is 10.1. The highest BCUT2D eigenvalue weighted by molar-refractivity contribution is 7.77. The number of benzene rings is 2. The molecule has 4 aromatic rings. The highest BCUT2D eigenvalue weighted by atomic mass is 35.5. The van der Waals surface area contributed by atoms with Gasteiger partial charge in [-0.25, -0.2) is 0 Å². The SMILES string of the molecule is CCc1cc(C)cc2c1OP2(=O)c1c(C(=O)NCc2cccnc2)[nH]c2ccc(Cl)cc12. The van der Waals surface area contributed by atoms with Gasteiger partial charge in [0.1, 0.15) is 11.4 Å². The quantitative estimate of drug-likeness (QED) is 0.421. The van der Waals surface area contributed by atoms with Gasteiger partial charge in [0.15, 0.2) is 0 Å². The van der Waals surface area contributed by atoms with Crippen molar-refractivity contribution in [3.8, 4) is 5.75 Å². The number of nitrogens with one attached hydrogen (secondary N) is 2. The van der Waals surface area contributed by atoms with E-state index in [9.17, 15) is 9.36 Å². The Hall–Kier alpha value is -3.08. The van der Waals surface area contributed by atoms with Crippen molar-refractivity contribution in [2.75, 3.05) is 0 Å². The van der Waals surface area contributed by atoms with Crippen LogP contribution in [0, 0.1) is 6.92 Å². The number of carbonyl (C=O) groups excluding carboxylic acids is 1. The number of H-pyrrole nitrogens is 1. The van der Waals surface area contributed by atoms with Crippen molar-refractivity contribution in [3.05, 3.63) is 82.3 Å². The summed E-state index contributed by atoms with van der Waals surface area (Å²) in [5.41, 5.74) is 3.77. The maximum atomic E-state index is 14.2. The van der Waals surface area contributed by atoms with E-state index in [1.807, 2.05) is 38.1 Å². The summed E-state index contributed by atoms with van der Waals surface area (Å²) in [4.78, 5) is 20.4. The third-order valence-electron chi connectivity index (χ3n) is 5.64. The van der Waals surface area contributed by atoms with Crippen LogP contribution in [0.25, 0.3) is 10.9 Å². The van der Waals surface area contributed by atoms with Crippen molar-refractivity contribution < 1.29 is 13.9 Å². The van der Waals surface area contributed by atoms with Gasteiger partial charge in [-0.3, -0.25) is 14.3 Å². The second-order valence-corrected chi connectivity index (χ2v) is 10.5. The Morgan fingerprint density at radius 3 is 2.84 bits per heavy atom. The summed E-state index contributed by atoms with van der Waals surface area (Å²) < 4.78 is 20.2. The predicted molar refractivity (Wildman–Crippen MR) is 127 cm³/mol. The van der Waals surface area contributed by atoms with Crippen LogP contribution in [0.2, 0.25) is 5.02 Å². The molecular weight excluding hydrogens is 445 g/mol. The molecule has 1 atom stereocenters. The summed E-state index contributed by atoms with van der Waals surface area (Å²) in [7, 11) is -3.47. The van der Waals surface area contributed by atoms with E-state index in [4.69, 9.17) is 16.1 Å². The molecule has 0 aliphatic carbocycles. The molecule has 0 saturated heterocycles. The lowest BCUT2D eigenvalue weighted by Gasteiger charge is -2.33. The molecule has 8 heteroatoms. The van der Waals surface area contributed by atoms with Crippen LogP contribution in [0.4, 0.5) is 0 Å². The molecule has 1 amide bonds. The Balaban J connectivity index is 1.62. The van der Waals surface area contributed by atoms with Gasteiger partial charge >= 0.3 is 7.37 Å². The molecule has 3 heterocycles. The van der Waals surface area contributed by atoms with Crippen LogP contribution in [0.3, 0.4) is 0 Å². The van der Waals surface area contributed by atoms with Crippen LogP contribution in [0.5, 0.6) is 5.75 Å². The van der Waals surface area contributed by atoms with Crippen LogP contribution in [0.1, 0.15) is 34.1 Å². The number of amides is 1. The molecule has 0 fully saturated rings. The molecule has 5 rings (SSSR count). The van der Waals surface area contributed by atoms with E-state index in [1.54, 1.807) is 30.6 Å². The van der Waals surface area contributed by atoms with E-state index >= 15 is 0 Å². The fourth-order valence-corrected chi connectivity index (χ4v) is 6.84. The highest BCUT2D eigenvalue weighted by Gasteiger charge is 2.48. The minimum Gasteiger partial charge on any atom is -0.435 e. The number of aromatic amines is 1. The van der Waals surface area contributed by atoms with Crippen molar-refractivity contribution in [2.45, 2.75) is 26.8 Å². The average Bonchev–Trinajstić information content (AvgIpc) is 3.17. The topological polar surface area (TPSA) is 84.1 Å². The first-order valence-electron chi connectivity index (χ1n) is 10.3. The van der Waals surface area contributed by atoms with Gasteiger partial charge in [-0.2, -0.15) is 0 Å². The number of halogens is 1. The fraction of sp³-hybridized carbons (Fsp3) is 0.167. The number of carbonyl (C=O) groups is 1. The van der Waals surface area contributed by atoms with E-state index in [2.05, 4.69) is 15.3 Å². The molecule has 2 aromatic carbocycles. The van der Waals surface area contributed by atoms with Crippen molar-refractivity contribution >= 4 is 46.4 Å². The number of aromatic nitrogens is 2. The maximum absolute atomic E-state index is 14.2. The molecule has 1 aliphatic rings. The van der Waals surface area contributed by atoms with Crippen molar-refractivity contribution in [1.82, 2.24) is 15.3 Å². The van der Waals surface area contributed by atoms with Gasteiger partial charge in [0.25, 0.3) is 5.91 Å². The normalized spacial score (nSPS) is 16.8. The summed E-state index contributed by atoms with van der Waals surface area (Å²) in [5.74, 6) is 0.284. The van der Waals surface area contributed by atoms with Gasteiger partial charge in [-0.05, 0) is 60.4 Å². The van der Waals surface area contributed by atoms with Crippen molar-refractivity contribution in [1.29, 1.82) is 0 Å². The second kappa shape index (κ2) is 7.80. The zero-order valence-corrected chi connectivity index (χ0v) is 19.3. The van der Waals surface area contributed by atoms with Crippen molar-refractivity contribution in [2.24, 2.45) is 0 Å². The van der Waals surface area contributed by atoms with Crippen LogP contribution < -0.4 is 20.4 Å². The summed E-state index contributed by atoms with van der Waals surface area (Å²) >= 11 is 6.25. The number of nitrogens with zero attached hydrogens (tertiary/aromatic N) is 1. The molecule has 0 bridgehead atoms. The lowest BCUT2D eigenvalue weighted by Crippen LogP contribution is -2.36. The van der Waals surface area contributed by atoms with Crippen LogP contribution in [-0.2, 0) is 17.5 Å². The molecule has 162 valence electrons. The molecule has 2 aromatic heterocycles. The fourth-order valence-electron chi connectivity index (χ4n) is 4.11. The van der Waals surface area contributed by atoms with E-state index in [-0.39, 0.29) is 11.6 Å². The molecule has 0 radical (unpaired) electrons. The van der Waals surface area contributed by atoms with Crippen LogP contribution >= 0.6 is 19.0 Å². The number of aryl methyl sites for hydroxylation is 2.